The second-order valence-corrected chi connectivity index (χ2v) is 7.43. The monoisotopic (exact) mass is 379 g/mol. The Balaban J connectivity index is 1.69. The van der Waals surface area contributed by atoms with Crippen LogP contribution in [0.5, 0.6) is 0 Å². The van der Waals surface area contributed by atoms with Crippen molar-refractivity contribution in [2.45, 2.75) is 44.1 Å². The highest BCUT2D eigenvalue weighted by molar-refractivity contribution is 5.89. The lowest BCUT2D eigenvalue weighted by atomic mass is 9.94. The number of rotatable bonds is 4. The Bertz CT molecular complexity index is 882. The van der Waals surface area contributed by atoms with E-state index in [1.54, 1.807) is 0 Å². The van der Waals surface area contributed by atoms with Crippen molar-refractivity contribution in [1.29, 1.82) is 5.26 Å². The molecule has 146 valence electrons. The number of nitrogens with one attached hydrogen (secondary N) is 1. The van der Waals surface area contributed by atoms with Gasteiger partial charge in [0.25, 0.3) is 0 Å². The zero-order valence-corrected chi connectivity index (χ0v) is 15.9. The highest BCUT2D eigenvalue weighted by atomic mass is 16.5. The Labute approximate surface area is 164 Å². The van der Waals surface area contributed by atoms with E-state index in [-0.39, 0.29) is 11.9 Å². The molecule has 0 spiro atoms. The molecule has 1 aliphatic carbocycles. The summed E-state index contributed by atoms with van der Waals surface area (Å²) in [6, 6.07) is 9.90. The minimum Gasteiger partial charge on any atom is -0.378 e. The van der Waals surface area contributed by atoms with Gasteiger partial charge in [-0.25, -0.2) is 9.97 Å². The topological polar surface area (TPSA) is 91.1 Å². The van der Waals surface area contributed by atoms with Crippen molar-refractivity contribution in [3.8, 4) is 6.07 Å². The molecule has 1 amide bonds. The summed E-state index contributed by atoms with van der Waals surface area (Å²) < 4.78 is 5.45. The quantitative estimate of drug-likeness (QED) is 0.878. The second kappa shape index (κ2) is 8.53. The van der Waals surface area contributed by atoms with Gasteiger partial charge in [0.15, 0.2) is 11.7 Å². The number of fused-ring (bicyclic) bond motifs is 1. The first-order valence-electron chi connectivity index (χ1n) is 10.1. The van der Waals surface area contributed by atoms with Gasteiger partial charge in [0.2, 0.25) is 5.91 Å². The number of nitrogens with zero attached hydrogens (tertiary/aromatic N) is 4. The van der Waals surface area contributed by atoms with E-state index in [4.69, 9.17) is 14.7 Å². The van der Waals surface area contributed by atoms with Crippen LogP contribution in [0.4, 0.5) is 5.82 Å². The Morgan fingerprint density at radius 3 is 2.50 bits per heavy atom. The molecule has 1 aliphatic heterocycles. The predicted octanol–water partition coefficient (Wildman–Crippen LogP) is 2.52. The van der Waals surface area contributed by atoms with Crippen LogP contribution in [0.2, 0.25) is 0 Å². The molecule has 0 radical (unpaired) electrons. The molecule has 1 atom stereocenters. The number of para-hydroxylation sites is 2. The summed E-state index contributed by atoms with van der Waals surface area (Å²) in [6.45, 7) is 2.53. The van der Waals surface area contributed by atoms with E-state index in [0.717, 1.165) is 31.2 Å². The van der Waals surface area contributed by atoms with Crippen LogP contribution >= 0.6 is 0 Å². The first-order chi connectivity index (χ1) is 13.8. The Hall–Kier alpha value is -2.72. The average molecular weight is 379 g/mol. The molecule has 1 aromatic heterocycles. The van der Waals surface area contributed by atoms with Gasteiger partial charge >= 0.3 is 0 Å². The van der Waals surface area contributed by atoms with Crippen LogP contribution in [-0.2, 0) is 9.53 Å². The Kier molecular flexibility index (Phi) is 5.68. The maximum absolute atomic E-state index is 13.0. The van der Waals surface area contributed by atoms with Crippen LogP contribution in [0.15, 0.2) is 24.3 Å². The molecular formula is C21H25N5O2. The zero-order chi connectivity index (χ0) is 19.3. The molecule has 1 N–H and O–H groups in total. The molecule has 7 heteroatoms. The van der Waals surface area contributed by atoms with Crippen LogP contribution in [0, 0.1) is 11.3 Å². The third kappa shape index (κ3) is 3.92. The van der Waals surface area contributed by atoms with Gasteiger partial charge in [0, 0.05) is 19.1 Å². The fourth-order valence-electron chi connectivity index (χ4n) is 3.98. The van der Waals surface area contributed by atoms with Crippen LogP contribution < -0.4 is 10.2 Å². The largest absolute Gasteiger partial charge is 0.378 e. The number of ether oxygens (including phenoxy) is 1. The molecule has 7 nitrogen and oxygen atoms in total. The summed E-state index contributed by atoms with van der Waals surface area (Å²) in [5, 5.41) is 12.9. The van der Waals surface area contributed by atoms with Gasteiger partial charge in [0.1, 0.15) is 5.69 Å². The SMILES string of the molecule is N#CC(C(=O)NC1CCCCC1)c1nc2ccccc2nc1N1CCOCC1. The number of hydrogen-bond donors (Lipinski definition) is 1. The number of morpholine rings is 1. The lowest BCUT2D eigenvalue weighted by molar-refractivity contribution is -0.122. The lowest BCUT2D eigenvalue weighted by Crippen LogP contribution is -2.41. The van der Waals surface area contributed by atoms with Crippen LogP contribution in [-0.4, -0.2) is 48.2 Å². The van der Waals surface area contributed by atoms with Gasteiger partial charge in [0.05, 0.1) is 30.3 Å². The number of carbonyl (C=O) groups excluding carboxylic acids is 1. The van der Waals surface area contributed by atoms with Crippen LogP contribution in [0.3, 0.4) is 0 Å². The maximum Gasteiger partial charge on any atom is 0.243 e. The standard InChI is InChI=1S/C21H25N5O2/c22-14-16(21(27)23-15-6-2-1-3-7-15)19-20(26-10-12-28-13-11-26)25-18-9-5-4-8-17(18)24-19/h4-5,8-9,15-16H,1-3,6-7,10-13H2,(H,23,27). The summed E-state index contributed by atoms with van der Waals surface area (Å²) in [7, 11) is 0. The molecule has 28 heavy (non-hydrogen) atoms. The number of carbonyl (C=O) groups is 1. The zero-order valence-electron chi connectivity index (χ0n) is 15.9. The molecule has 2 heterocycles. The van der Waals surface area contributed by atoms with E-state index >= 15 is 0 Å². The molecule has 4 rings (SSSR count). The van der Waals surface area contributed by atoms with E-state index in [1.165, 1.54) is 6.42 Å². The van der Waals surface area contributed by atoms with Crippen molar-refractivity contribution in [3.63, 3.8) is 0 Å². The normalized spacial score (nSPS) is 19.2. The van der Waals surface area contributed by atoms with E-state index in [1.807, 2.05) is 24.3 Å². The van der Waals surface area contributed by atoms with Crippen molar-refractivity contribution in [3.05, 3.63) is 30.0 Å². The number of anilines is 1. The van der Waals surface area contributed by atoms with Gasteiger partial charge in [-0.1, -0.05) is 31.4 Å². The second-order valence-electron chi connectivity index (χ2n) is 7.43. The summed E-state index contributed by atoms with van der Waals surface area (Å²) >= 11 is 0. The molecule has 2 aromatic rings. The molecule has 1 saturated heterocycles. The van der Waals surface area contributed by atoms with Crippen molar-refractivity contribution in [2.24, 2.45) is 0 Å². The van der Waals surface area contributed by atoms with Gasteiger partial charge in [-0.2, -0.15) is 5.26 Å². The third-order valence-corrected chi connectivity index (χ3v) is 5.50. The van der Waals surface area contributed by atoms with Crippen molar-refractivity contribution in [2.75, 3.05) is 31.2 Å². The minimum absolute atomic E-state index is 0.150. The summed E-state index contributed by atoms with van der Waals surface area (Å²) in [6.07, 6.45) is 5.41. The highest BCUT2D eigenvalue weighted by Gasteiger charge is 2.30. The van der Waals surface area contributed by atoms with Crippen molar-refractivity contribution < 1.29 is 9.53 Å². The third-order valence-electron chi connectivity index (χ3n) is 5.50. The average Bonchev–Trinajstić information content (AvgIpc) is 2.75. The smallest absolute Gasteiger partial charge is 0.243 e. The van der Waals surface area contributed by atoms with Gasteiger partial charge < -0.3 is 15.0 Å². The lowest BCUT2D eigenvalue weighted by Gasteiger charge is -2.30. The summed E-state index contributed by atoms with van der Waals surface area (Å²) in [5.41, 5.74) is 1.90. The fraction of sp³-hybridized carbons (Fsp3) is 0.524. The van der Waals surface area contributed by atoms with Crippen molar-refractivity contribution >= 4 is 22.8 Å². The maximum atomic E-state index is 13.0. The van der Waals surface area contributed by atoms with E-state index in [9.17, 15) is 10.1 Å². The first kappa shape index (κ1) is 18.6. The summed E-state index contributed by atoms with van der Waals surface area (Å²) in [5.74, 6) is -0.627. The number of hydrogen-bond acceptors (Lipinski definition) is 6. The molecule has 0 bridgehead atoms. The van der Waals surface area contributed by atoms with Crippen molar-refractivity contribution in [1.82, 2.24) is 15.3 Å². The molecule has 1 unspecified atom stereocenters. The first-order valence-corrected chi connectivity index (χ1v) is 10.1. The van der Waals surface area contributed by atoms with E-state index in [2.05, 4.69) is 16.3 Å². The Morgan fingerprint density at radius 1 is 1.14 bits per heavy atom. The highest BCUT2D eigenvalue weighted by Crippen LogP contribution is 2.28. The number of benzene rings is 1. The molecule has 2 fully saturated rings. The molecular weight excluding hydrogens is 354 g/mol. The van der Waals surface area contributed by atoms with Gasteiger partial charge in [-0.05, 0) is 25.0 Å². The van der Waals surface area contributed by atoms with Gasteiger partial charge in [-0.15, -0.1) is 0 Å². The summed E-state index contributed by atoms with van der Waals surface area (Å²) in [4.78, 5) is 24.5. The number of nitriles is 1. The fourth-order valence-corrected chi connectivity index (χ4v) is 3.98. The molecule has 1 aromatic carbocycles. The predicted molar refractivity (Wildman–Crippen MR) is 106 cm³/mol. The van der Waals surface area contributed by atoms with Crippen LogP contribution in [0.25, 0.3) is 11.0 Å². The van der Waals surface area contributed by atoms with E-state index < -0.39 is 5.92 Å². The van der Waals surface area contributed by atoms with Crippen LogP contribution in [0.1, 0.15) is 43.7 Å². The Morgan fingerprint density at radius 2 is 1.82 bits per heavy atom. The van der Waals surface area contributed by atoms with Gasteiger partial charge in [-0.3, -0.25) is 4.79 Å². The molecule has 2 aliphatic rings. The van der Waals surface area contributed by atoms with E-state index in [0.29, 0.717) is 43.3 Å². The minimum atomic E-state index is -0.975. The molecule has 1 saturated carbocycles. The number of aromatic nitrogens is 2. The number of amides is 1.